The van der Waals surface area contributed by atoms with Crippen LogP contribution in [-0.2, 0) is 6.54 Å². The van der Waals surface area contributed by atoms with Gasteiger partial charge in [-0.25, -0.2) is 9.50 Å². The molecule has 5 heterocycles. The molecule has 7 heteroatoms. The Kier molecular flexibility index (Phi) is 6.60. The third-order valence-electron chi connectivity index (χ3n) is 7.15. The summed E-state index contributed by atoms with van der Waals surface area (Å²) in [6.45, 7) is 4.14. The number of rotatable bonds is 7. The largest absolute Gasteiger partial charge is 0.315 e. The average Bonchev–Trinajstić information content (AvgIpc) is 3.39. The SMILES string of the molecule is O=c1cc(-c2cc(-c3ccncc3)n3ncc(-c4ccccc4)c3n2)ccn1CCCN1CCCCC1. The molecule has 4 aromatic heterocycles. The van der Waals surface area contributed by atoms with Gasteiger partial charge in [0.2, 0.25) is 0 Å². The summed E-state index contributed by atoms with van der Waals surface area (Å²) in [5.74, 6) is 0. The second-order valence-corrected chi connectivity index (χ2v) is 9.63. The number of fused-ring (bicyclic) bond motifs is 1. The molecule has 0 atom stereocenters. The van der Waals surface area contributed by atoms with Crippen molar-refractivity contribution in [3.63, 3.8) is 0 Å². The Morgan fingerprint density at radius 3 is 2.41 bits per heavy atom. The third kappa shape index (κ3) is 4.95. The lowest BCUT2D eigenvalue weighted by atomic mass is 10.1. The summed E-state index contributed by atoms with van der Waals surface area (Å²) in [4.78, 5) is 24.7. The van der Waals surface area contributed by atoms with Crippen molar-refractivity contribution in [2.24, 2.45) is 0 Å². The lowest BCUT2D eigenvalue weighted by Gasteiger charge is -2.26. The van der Waals surface area contributed by atoms with Gasteiger partial charge in [0.15, 0.2) is 5.65 Å². The Balaban J connectivity index is 1.35. The predicted molar refractivity (Wildman–Crippen MR) is 146 cm³/mol. The Morgan fingerprint density at radius 2 is 1.62 bits per heavy atom. The van der Waals surface area contributed by atoms with E-state index < -0.39 is 0 Å². The molecule has 1 fully saturated rings. The van der Waals surface area contributed by atoms with E-state index in [0.29, 0.717) is 0 Å². The van der Waals surface area contributed by atoms with E-state index in [4.69, 9.17) is 4.98 Å². The van der Waals surface area contributed by atoms with E-state index in [2.05, 4.69) is 27.1 Å². The lowest BCUT2D eigenvalue weighted by Crippen LogP contribution is -2.31. The van der Waals surface area contributed by atoms with Gasteiger partial charge in [0, 0.05) is 47.9 Å². The van der Waals surface area contributed by atoms with E-state index >= 15 is 0 Å². The maximum atomic E-state index is 13.0. The first-order valence-corrected chi connectivity index (χ1v) is 13.0. The first-order valence-electron chi connectivity index (χ1n) is 13.0. The van der Waals surface area contributed by atoms with Crippen molar-refractivity contribution in [2.45, 2.75) is 32.2 Å². The summed E-state index contributed by atoms with van der Waals surface area (Å²) in [6.07, 6.45) is 12.2. The Hall–Kier alpha value is -4.10. The van der Waals surface area contributed by atoms with Gasteiger partial charge >= 0.3 is 0 Å². The van der Waals surface area contributed by atoms with E-state index in [1.165, 1.54) is 32.4 Å². The minimum absolute atomic E-state index is 0.0000641. The molecule has 7 nitrogen and oxygen atoms in total. The van der Waals surface area contributed by atoms with Gasteiger partial charge in [-0.2, -0.15) is 5.10 Å². The summed E-state index contributed by atoms with van der Waals surface area (Å²) in [6, 6.07) is 19.8. The van der Waals surface area contributed by atoms with Crippen molar-refractivity contribution in [3.05, 3.63) is 95.8 Å². The quantitative estimate of drug-likeness (QED) is 0.315. The number of piperidine rings is 1. The zero-order chi connectivity index (χ0) is 25.0. The van der Waals surface area contributed by atoms with Crippen LogP contribution in [0.4, 0.5) is 0 Å². The number of hydrogen-bond acceptors (Lipinski definition) is 5. The fourth-order valence-corrected chi connectivity index (χ4v) is 5.16. The lowest BCUT2D eigenvalue weighted by molar-refractivity contribution is 0.222. The van der Waals surface area contributed by atoms with Crippen molar-refractivity contribution < 1.29 is 0 Å². The van der Waals surface area contributed by atoms with E-state index in [9.17, 15) is 4.79 Å². The van der Waals surface area contributed by atoms with Gasteiger partial charge in [0.25, 0.3) is 5.56 Å². The monoisotopic (exact) mass is 490 g/mol. The molecule has 0 radical (unpaired) electrons. The van der Waals surface area contributed by atoms with Crippen LogP contribution in [0.5, 0.6) is 0 Å². The number of aromatic nitrogens is 5. The molecule has 5 aromatic rings. The van der Waals surface area contributed by atoms with E-state index in [1.807, 2.05) is 63.9 Å². The van der Waals surface area contributed by atoms with Crippen molar-refractivity contribution in [2.75, 3.05) is 19.6 Å². The number of aryl methyl sites for hydroxylation is 1. The average molecular weight is 491 g/mol. The molecule has 1 aromatic carbocycles. The zero-order valence-electron chi connectivity index (χ0n) is 20.8. The zero-order valence-corrected chi connectivity index (χ0v) is 20.8. The van der Waals surface area contributed by atoms with Gasteiger partial charge in [0.05, 0.1) is 17.6 Å². The van der Waals surface area contributed by atoms with Gasteiger partial charge in [-0.1, -0.05) is 36.8 Å². The Morgan fingerprint density at radius 1 is 0.811 bits per heavy atom. The maximum Gasteiger partial charge on any atom is 0.251 e. The van der Waals surface area contributed by atoms with Crippen molar-refractivity contribution >= 4 is 5.65 Å². The van der Waals surface area contributed by atoms with Crippen LogP contribution in [0.1, 0.15) is 25.7 Å². The number of nitrogens with zero attached hydrogens (tertiary/aromatic N) is 6. The molecule has 0 saturated carbocycles. The van der Waals surface area contributed by atoms with Gasteiger partial charge in [-0.05, 0) is 68.7 Å². The summed E-state index contributed by atoms with van der Waals surface area (Å²) < 4.78 is 3.67. The Labute approximate surface area is 216 Å². The molecule has 1 aliphatic rings. The molecule has 0 bridgehead atoms. The highest BCUT2D eigenvalue weighted by molar-refractivity contribution is 5.81. The summed E-state index contributed by atoms with van der Waals surface area (Å²) in [5.41, 5.74) is 6.18. The van der Waals surface area contributed by atoms with Crippen LogP contribution in [0.3, 0.4) is 0 Å². The number of benzene rings is 1. The molecule has 1 aliphatic heterocycles. The van der Waals surface area contributed by atoms with Gasteiger partial charge < -0.3 is 9.47 Å². The molecule has 0 spiro atoms. The second-order valence-electron chi connectivity index (χ2n) is 9.63. The third-order valence-corrected chi connectivity index (χ3v) is 7.15. The van der Waals surface area contributed by atoms with Crippen LogP contribution >= 0.6 is 0 Å². The maximum absolute atomic E-state index is 13.0. The minimum Gasteiger partial charge on any atom is -0.315 e. The number of pyridine rings is 2. The van der Waals surface area contributed by atoms with Gasteiger partial charge in [-0.15, -0.1) is 0 Å². The molecule has 37 heavy (non-hydrogen) atoms. The van der Waals surface area contributed by atoms with Gasteiger partial charge in [0.1, 0.15) is 0 Å². The number of hydrogen-bond donors (Lipinski definition) is 0. The highest BCUT2D eigenvalue weighted by atomic mass is 16.1. The van der Waals surface area contributed by atoms with Crippen LogP contribution in [0.15, 0.2) is 90.2 Å². The van der Waals surface area contributed by atoms with Crippen molar-refractivity contribution in [1.29, 1.82) is 0 Å². The minimum atomic E-state index is 0.0000641. The van der Waals surface area contributed by atoms with Crippen LogP contribution in [0.2, 0.25) is 0 Å². The van der Waals surface area contributed by atoms with Crippen LogP contribution < -0.4 is 5.56 Å². The first-order chi connectivity index (χ1) is 18.3. The van der Waals surface area contributed by atoms with Gasteiger partial charge in [-0.3, -0.25) is 9.78 Å². The predicted octanol–water partition coefficient (Wildman–Crippen LogP) is 5.16. The fraction of sp³-hybridized carbons (Fsp3) is 0.267. The normalized spacial score (nSPS) is 14.3. The summed E-state index contributed by atoms with van der Waals surface area (Å²) in [5, 5.41) is 4.67. The highest BCUT2D eigenvalue weighted by Gasteiger charge is 2.16. The molecular formula is C30H30N6O. The molecule has 0 amide bonds. The first kappa shape index (κ1) is 23.3. The fourth-order valence-electron chi connectivity index (χ4n) is 5.16. The van der Waals surface area contributed by atoms with Crippen molar-refractivity contribution in [3.8, 4) is 33.6 Å². The van der Waals surface area contributed by atoms with Crippen LogP contribution in [0.25, 0.3) is 39.3 Å². The summed E-state index contributed by atoms with van der Waals surface area (Å²) >= 11 is 0. The smallest absolute Gasteiger partial charge is 0.251 e. The molecular weight excluding hydrogens is 460 g/mol. The van der Waals surface area contributed by atoms with Crippen LogP contribution in [-0.4, -0.2) is 48.7 Å². The van der Waals surface area contributed by atoms with E-state index in [0.717, 1.165) is 58.8 Å². The Bertz CT molecular complexity index is 1550. The molecule has 6 rings (SSSR count). The number of likely N-dealkylation sites (tertiary alicyclic amines) is 1. The standard InChI is InChI=1S/C30H30N6O/c37-29-20-25(12-19-35(29)18-7-17-34-15-5-2-6-16-34)27-21-28(24-10-13-31-14-11-24)36-30(33-27)26(22-32-36)23-8-3-1-4-9-23/h1,3-4,8-14,19-22H,2,5-7,15-18H2. The summed E-state index contributed by atoms with van der Waals surface area (Å²) in [7, 11) is 0. The second kappa shape index (κ2) is 10.5. The molecule has 186 valence electrons. The molecule has 1 saturated heterocycles. The molecule has 0 unspecified atom stereocenters. The molecule has 0 aliphatic carbocycles. The van der Waals surface area contributed by atoms with Crippen LogP contribution in [0, 0.1) is 0 Å². The molecule has 0 N–H and O–H groups in total. The van der Waals surface area contributed by atoms with Crippen molar-refractivity contribution in [1.82, 2.24) is 29.0 Å². The topological polar surface area (TPSA) is 68.3 Å². The van der Waals surface area contributed by atoms with E-state index in [-0.39, 0.29) is 5.56 Å². The highest BCUT2D eigenvalue weighted by Crippen LogP contribution is 2.30. The van der Waals surface area contributed by atoms with E-state index in [1.54, 1.807) is 18.5 Å².